The monoisotopic (exact) mass is 488 g/mol. The Morgan fingerprint density at radius 2 is 1.96 bits per heavy atom. The molecular formula is C18H25IN4O2S. The van der Waals surface area contributed by atoms with Crippen molar-refractivity contribution in [3.63, 3.8) is 0 Å². The molecule has 0 radical (unpaired) electrons. The Morgan fingerprint density at radius 1 is 1.27 bits per heavy atom. The van der Waals surface area contributed by atoms with Gasteiger partial charge in [0.15, 0.2) is 17.5 Å². The molecule has 1 aliphatic heterocycles. The van der Waals surface area contributed by atoms with Gasteiger partial charge >= 0.3 is 0 Å². The number of aryl methyl sites for hydroxylation is 1. The molecule has 0 aliphatic carbocycles. The van der Waals surface area contributed by atoms with Gasteiger partial charge < -0.3 is 19.7 Å². The number of guanidine groups is 1. The van der Waals surface area contributed by atoms with Crippen LogP contribution in [0.25, 0.3) is 0 Å². The van der Waals surface area contributed by atoms with E-state index in [1.807, 2.05) is 13.2 Å². The van der Waals surface area contributed by atoms with Gasteiger partial charge in [0.1, 0.15) is 5.01 Å². The van der Waals surface area contributed by atoms with Crippen LogP contribution >= 0.6 is 35.3 Å². The van der Waals surface area contributed by atoms with E-state index in [1.165, 1.54) is 16.0 Å². The molecule has 1 aromatic heterocycles. The highest BCUT2D eigenvalue weighted by Crippen LogP contribution is 2.33. The van der Waals surface area contributed by atoms with Crippen molar-refractivity contribution in [3.05, 3.63) is 39.3 Å². The summed E-state index contributed by atoms with van der Waals surface area (Å²) in [5, 5.41) is 4.49. The zero-order valence-electron chi connectivity index (χ0n) is 15.5. The van der Waals surface area contributed by atoms with Crippen molar-refractivity contribution in [2.75, 3.05) is 27.8 Å². The highest BCUT2D eigenvalue weighted by molar-refractivity contribution is 14.0. The van der Waals surface area contributed by atoms with Crippen LogP contribution in [0.3, 0.4) is 0 Å². The van der Waals surface area contributed by atoms with Crippen LogP contribution in [0.1, 0.15) is 21.0 Å². The van der Waals surface area contributed by atoms with Gasteiger partial charge in [0.2, 0.25) is 0 Å². The van der Waals surface area contributed by atoms with Gasteiger partial charge in [-0.1, -0.05) is 0 Å². The van der Waals surface area contributed by atoms with Gasteiger partial charge in [0.05, 0.1) is 20.8 Å². The molecule has 6 nitrogen and oxygen atoms in total. The standard InChI is InChI=1S/C18H24N4O2S.HI/c1-12-9-20-17(25-12)10-21-18(19-2)22-6-5-13-7-15(23-3)16(24-4)8-14(13)11-22;/h7-9H,5-6,10-11H2,1-4H3,(H,19,21);1H. The minimum Gasteiger partial charge on any atom is -0.493 e. The molecule has 0 spiro atoms. The van der Waals surface area contributed by atoms with E-state index in [4.69, 9.17) is 9.47 Å². The van der Waals surface area contributed by atoms with Gasteiger partial charge in [0, 0.05) is 31.2 Å². The second-order valence-corrected chi connectivity index (χ2v) is 7.23. The molecule has 0 fully saturated rings. The fourth-order valence-electron chi connectivity index (χ4n) is 3.03. The molecule has 0 atom stereocenters. The molecule has 0 bridgehead atoms. The minimum absolute atomic E-state index is 0. The van der Waals surface area contributed by atoms with Crippen molar-refractivity contribution >= 4 is 41.3 Å². The zero-order chi connectivity index (χ0) is 17.8. The third-order valence-electron chi connectivity index (χ3n) is 4.30. The average Bonchev–Trinajstić information content (AvgIpc) is 3.06. The number of benzene rings is 1. The largest absolute Gasteiger partial charge is 0.493 e. The van der Waals surface area contributed by atoms with E-state index in [1.54, 1.807) is 25.6 Å². The van der Waals surface area contributed by atoms with E-state index >= 15 is 0 Å². The molecule has 0 saturated heterocycles. The lowest BCUT2D eigenvalue weighted by Gasteiger charge is -2.32. The number of fused-ring (bicyclic) bond motifs is 1. The lowest BCUT2D eigenvalue weighted by atomic mass is 9.99. The summed E-state index contributed by atoms with van der Waals surface area (Å²) in [6, 6.07) is 4.15. The Bertz CT molecular complexity index is 779. The molecule has 1 aliphatic rings. The number of thiazole rings is 1. The maximum atomic E-state index is 5.44. The molecule has 2 heterocycles. The smallest absolute Gasteiger partial charge is 0.194 e. The Kier molecular flexibility index (Phi) is 7.51. The summed E-state index contributed by atoms with van der Waals surface area (Å²) in [5.41, 5.74) is 2.55. The SMILES string of the molecule is CN=C(NCc1ncc(C)s1)N1CCc2cc(OC)c(OC)cc2C1.I. The fourth-order valence-corrected chi connectivity index (χ4v) is 3.76. The molecule has 3 rings (SSSR count). The van der Waals surface area contributed by atoms with Gasteiger partial charge in [-0.05, 0) is 36.6 Å². The molecule has 0 saturated carbocycles. The van der Waals surface area contributed by atoms with E-state index < -0.39 is 0 Å². The first-order valence-corrected chi connectivity index (χ1v) is 9.07. The predicted molar refractivity (Wildman–Crippen MR) is 116 cm³/mol. The summed E-state index contributed by atoms with van der Waals surface area (Å²) in [4.78, 5) is 12.3. The minimum atomic E-state index is 0. The molecule has 1 aromatic carbocycles. The second kappa shape index (κ2) is 9.40. The van der Waals surface area contributed by atoms with Crippen molar-refractivity contribution in [1.29, 1.82) is 0 Å². The zero-order valence-corrected chi connectivity index (χ0v) is 18.7. The Morgan fingerprint density at radius 3 is 2.54 bits per heavy atom. The number of ether oxygens (including phenoxy) is 2. The van der Waals surface area contributed by atoms with Gasteiger partial charge in [0.25, 0.3) is 0 Å². The highest BCUT2D eigenvalue weighted by atomic mass is 127. The van der Waals surface area contributed by atoms with Crippen molar-refractivity contribution in [1.82, 2.24) is 15.2 Å². The first-order valence-electron chi connectivity index (χ1n) is 8.25. The van der Waals surface area contributed by atoms with Crippen molar-refractivity contribution in [2.24, 2.45) is 4.99 Å². The molecular weight excluding hydrogens is 463 g/mol. The van der Waals surface area contributed by atoms with Crippen LogP contribution < -0.4 is 14.8 Å². The van der Waals surface area contributed by atoms with Gasteiger partial charge in [-0.25, -0.2) is 4.98 Å². The van der Waals surface area contributed by atoms with Crippen LogP contribution in [0.4, 0.5) is 0 Å². The first-order chi connectivity index (χ1) is 12.1. The quantitative estimate of drug-likeness (QED) is 0.407. The summed E-state index contributed by atoms with van der Waals surface area (Å²) in [7, 11) is 5.16. The fraction of sp³-hybridized carbons (Fsp3) is 0.444. The molecule has 0 unspecified atom stereocenters. The van der Waals surface area contributed by atoms with Crippen LogP contribution in [0.5, 0.6) is 11.5 Å². The van der Waals surface area contributed by atoms with Crippen molar-refractivity contribution in [2.45, 2.75) is 26.4 Å². The highest BCUT2D eigenvalue weighted by Gasteiger charge is 2.21. The van der Waals surface area contributed by atoms with Gasteiger partial charge in [-0.2, -0.15) is 0 Å². The summed E-state index contributed by atoms with van der Waals surface area (Å²) >= 11 is 1.71. The first kappa shape index (κ1) is 20.8. The van der Waals surface area contributed by atoms with Crippen molar-refractivity contribution in [3.8, 4) is 11.5 Å². The number of nitrogens with zero attached hydrogens (tertiary/aromatic N) is 3. The van der Waals surface area contributed by atoms with Crippen LogP contribution in [-0.2, 0) is 19.5 Å². The van der Waals surface area contributed by atoms with E-state index in [0.717, 1.165) is 42.0 Å². The topological polar surface area (TPSA) is 59.0 Å². The Labute approximate surface area is 175 Å². The van der Waals surface area contributed by atoms with Crippen LogP contribution in [0, 0.1) is 6.92 Å². The van der Waals surface area contributed by atoms with E-state index in [9.17, 15) is 0 Å². The molecule has 8 heteroatoms. The van der Waals surface area contributed by atoms with Crippen LogP contribution in [-0.4, -0.2) is 43.7 Å². The number of hydrogen-bond donors (Lipinski definition) is 1. The summed E-state index contributed by atoms with van der Waals surface area (Å²) in [6.07, 6.45) is 2.86. The number of halogens is 1. The van der Waals surface area contributed by atoms with Gasteiger partial charge in [-0.3, -0.25) is 4.99 Å². The Hall–Kier alpha value is -1.55. The second-order valence-electron chi connectivity index (χ2n) is 5.91. The van der Waals surface area contributed by atoms with E-state index in [0.29, 0.717) is 6.54 Å². The summed E-state index contributed by atoms with van der Waals surface area (Å²) in [5.74, 6) is 2.45. The van der Waals surface area contributed by atoms with E-state index in [2.05, 4.69) is 39.2 Å². The molecule has 0 amide bonds. The van der Waals surface area contributed by atoms with Crippen LogP contribution in [0.15, 0.2) is 23.3 Å². The number of aliphatic imine (C=N–C) groups is 1. The third kappa shape index (κ3) is 4.59. The predicted octanol–water partition coefficient (Wildman–Crippen LogP) is 3.22. The van der Waals surface area contributed by atoms with Crippen LogP contribution in [0.2, 0.25) is 0 Å². The van der Waals surface area contributed by atoms with E-state index in [-0.39, 0.29) is 24.0 Å². The molecule has 2 aromatic rings. The lowest BCUT2D eigenvalue weighted by molar-refractivity contribution is 0.346. The number of nitrogens with one attached hydrogen (secondary N) is 1. The maximum Gasteiger partial charge on any atom is 0.194 e. The number of hydrogen-bond acceptors (Lipinski definition) is 5. The average molecular weight is 488 g/mol. The number of aromatic nitrogens is 1. The normalized spacial score (nSPS) is 13.7. The summed E-state index contributed by atoms with van der Waals surface area (Å²) < 4.78 is 10.8. The molecule has 142 valence electrons. The molecule has 1 N–H and O–H groups in total. The van der Waals surface area contributed by atoms with Crippen molar-refractivity contribution < 1.29 is 9.47 Å². The lowest BCUT2D eigenvalue weighted by Crippen LogP contribution is -2.43. The summed E-state index contributed by atoms with van der Waals surface area (Å²) in [6.45, 7) is 4.48. The Balaban J connectivity index is 0.00000243. The van der Waals surface area contributed by atoms with Gasteiger partial charge in [-0.15, -0.1) is 35.3 Å². The molecule has 26 heavy (non-hydrogen) atoms. The maximum absolute atomic E-state index is 5.44. The number of methoxy groups -OCH3 is 2. The third-order valence-corrected chi connectivity index (χ3v) is 5.21. The number of rotatable bonds is 4.